The van der Waals surface area contributed by atoms with Crippen LogP contribution in [0.3, 0.4) is 0 Å². The minimum absolute atomic E-state index is 0.0438. The van der Waals surface area contributed by atoms with E-state index in [0.29, 0.717) is 0 Å². The van der Waals surface area contributed by atoms with Gasteiger partial charge in [-0.3, -0.25) is 10.8 Å². The molecule has 0 unspecified atom stereocenters. The van der Waals surface area contributed by atoms with E-state index in [4.69, 9.17) is 10.8 Å². The maximum atomic E-state index is 9.34. The summed E-state index contributed by atoms with van der Waals surface area (Å²) >= 11 is 0. The minimum atomic E-state index is -1.08. The molecule has 10 nitrogen and oxygen atoms in total. The summed E-state index contributed by atoms with van der Waals surface area (Å²) in [5.41, 5.74) is -4.28. The molecule has 0 aliphatic heterocycles. The van der Waals surface area contributed by atoms with Gasteiger partial charge in [0, 0.05) is 0 Å². The van der Waals surface area contributed by atoms with Crippen molar-refractivity contribution in [3.8, 4) is 0 Å². The molecule has 0 saturated heterocycles. The van der Waals surface area contributed by atoms with Crippen LogP contribution >= 0.6 is 0 Å². The minimum Gasteiger partial charge on any atom is -0.394 e. The smallest absolute Gasteiger partial charge is 0.132 e. The molecule has 0 aromatic carbocycles. The Morgan fingerprint density at radius 3 is 1.08 bits per heavy atom. The zero-order valence-corrected chi connectivity index (χ0v) is 16.5. The molecule has 10 heteroatoms. The first-order valence-corrected chi connectivity index (χ1v) is 8.33. The molecule has 0 saturated carbocycles. The molecule has 0 bridgehead atoms. The topological polar surface area (TPSA) is 177 Å². The number of aliphatic hydroxyl groups excluding tert-OH is 4. The molecule has 0 atom stereocenters. The van der Waals surface area contributed by atoms with Gasteiger partial charge in [0.05, 0.1) is 37.5 Å². The fourth-order valence-corrected chi connectivity index (χ4v) is 1.52. The van der Waals surface area contributed by atoms with Gasteiger partial charge in [-0.2, -0.15) is 10.2 Å². The molecule has 26 heavy (non-hydrogen) atoms. The maximum absolute atomic E-state index is 9.34. The Morgan fingerprint density at radius 2 is 0.885 bits per heavy atom. The van der Waals surface area contributed by atoms with Crippen molar-refractivity contribution in [2.45, 2.75) is 63.7 Å². The van der Waals surface area contributed by atoms with E-state index in [0.717, 1.165) is 0 Å². The van der Waals surface area contributed by atoms with Crippen LogP contribution in [0.15, 0.2) is 10.2 Å². The Labute approximate surface area is 154 Å². The fourth-order valence-electron chi connectivity index (χ4n) is 1.52. The first kappa shape index (κ1) is 24.4. The lowest BCUT2D eigenvalue weighted by Crippen LogP contribution is -2.57. The van der Waals surface area contributed by atoms with Gasteiger partial charge in [0.2, 0.25) is 0 Å². The van der Waals surface area contributed by atoms with E-state index < -0.39 is 22.2 Å². The molecule has 8 N–H and O–H groups in total. The van der Waals surface area contributed by atoms with E-state index in [2.05, 4.69) is 20.9 Å². The van der Waals surface area contributed by atoms with Crippen molar-refractivity contribution in [2.75, 3.05) is 26.4 Å². The maximum Gasteiger partial charge on any atom is 0.132 e. The van der Waals surface area contributed by atoms with Gasteiger partial charge in [-0.15, -0.1) is 0 Å². The Bertz CT molecular complexity index is 479. The van der Waals surface area contributed by atoms with Gasteiger partial charge in [0.1, 0.15) is 22.7 Å². The SMILES string of the molecule is CC(CO)(CO)NC(=N)C(C)(C)/N=N/C(C)(C)C(=N)NC(C)(CO)CO. The third-order valence-electron chi connectivity index (χ3n) is 4.02. The van der Waals surface area contributed by atoms with Gasteiger partial charge in [0.15, 0.2) is 0 Å². The Morgan fingerprint density at radius 1 is 0.654 bits per heavy atom. The fraction of sp³-hybridized carbons (Fsp3) is 0.875. The van der Waals surface area contributed by atoms with Crippen molar-refractivity contribution in [3.05, 3.63) is 0 Å². The molecule has 0 heterocycles. The Hall–Kier alpha value is -1.62. The molecule has 0 aromatic rings. The molecule has 0 spiro atoms. The number of azo groups is 1. The van der Waals surface area contributed by atoms with Crippen LogP contribution in [0.5, 0.6) is 0 Å². The van der Waals surface area contributed by atoms with Gasteiger partial charge in [0.25, 0.3) is 0 Å². The van der Waals surface area contributed by atoms with Crippen LogP contribution in [0.4, 0.5) is 0 Å². The van der Waals surface area contributed by atoms with Crippen LogP contribution in [0.25, 0.3) is 0 Å². The quantitative estimate of drug-likeness (QED) is 0.147. The van der Waals surface area contributed by atoms with Crippen molar-refractivity contribution in [1.82, 2.24) is 10.6 Å². The Kier molecular flexibility index (Phi) is 8.30. The predicted octanol–water partition coefficient (Wildman–Crippen LogP) is -0.384. The third kappa shape index (κ3) is 6.60. The average molecular weight is 374 g/mol. The molecule has 0 aliphatic carbocycles. The van der Waals surface area contributed by atoms with E-state index in [1.54, 1.807) is 41.5 Å². The van der Waals surface area contributed by atoms with Crippen molar-refractivity contribution in [1.29, 1.82) is 10.8 Å². The van der Waals surface area contributed by atoms with Crippen molar-refractivity contribution in [3.63, 3.8) is 0 Å². The summed E-state index contributed by atoms with van der Waals surface area (Å²) in [6.07, 6.45) is 0. The molecular formula is C16H34N6O4. The van der Waals surface area contributed by atoms with Crippen LogP contribution in [-0.2, 0) is 0 Å². The van der Waals surface area contributed by atoms with E-state index in [9.17, 15) is 20.4 Å². The summed E-state index contributed by atoms with van der Waals surface area (Å²) in [7, 11) is 0. The lowest BCUT2D eigenvalue weighted by Gasteiger charge is -2.34. The summed E-state index contributed by atoms with van der Waals surface area (Å²) < 4.78 is 0. The summed E-state index contributed by atoms with van der Waals surface area (Å²) in [6.45, 7) is 8.25. The normalized spacial score (nSPS) is 13.8. The first-order valence-electron chi connectivity index (χ1n) is 8.33. The van der Waals surface area contributed by atoms with Crippen molar-refractivity contribution >= 4 is 11.7 Å². The molecule has 152 valence electrons. The molecule has 0 aromatic heterocycles. The van der Waals surface area contributed by atoms with Gasteiger partial charge >= 0.3 is 0 Å². The van der Waals surface area contributed by atoms with Crippen LogP contribution < -0.4 is 10.6 Å². The summed E-state index contributed by atoms with van der Waals surface area (Å²) in [5.74, 6) is -0.0876. The van der Waals surface area contributed by atoms with Crippen LogP contribution in [0.2, 0.25) is 0 Å². The highest BCUT2D eigenvalue weighted by Gasteiger charge is 2.34. The summed E-state index contributed by atoms with van der Waals surface area (Å²) in [5, 5.41) is 67.4. The second-order valence-corrected chi connectivity index (χ2v) is 8.07. The standard InChI is InChI=1S/C16H34N6O4/c1-13(2,11(17)19-15(5,7-23)8-24)21-22-14(3,4)12(18)20-16(6,9-25)10-26/h23-26H,7-10H2,1-6H3,(H2,17,19)(H2,18,20)/b22-21+. The molecule has 0 amide bonds. The number of amidine groups is 2. The molecule has 0 aliphatic rings. The third-order valence-corrected chi connectivity index (χ3v) is 4.02. The Balaban J connectivity index is 5.24. The summed E-state index contributed by atoms with van der Waals surface area (Å²) in [4.78, 5) is 0. The zero-order chi connectivity index (χ0) is 20.8. The zero-order valence-electron chi connectivity index (χ0n) is 16.5. The highest BCUT2D eigenvalue weighted by molar-refractivity contribution is 5.90. The number of nitrogens with one attached hydrogen (secondary N) is 4. The van der Waals surface area contributed by atoms with E-state index >= 15 is 0 Å². The largest absolute Gasteiger partial charge is 0.394 e. The number of hydrogen-bond acceptors (Lipinski definition) is 8. The number of rotatable bonds is 10. The number of nitrogens with zero attached hydrogens (tertiary/aromatic N) is 2. The van der Waals surface area contributed by atoms with Crippen molar-refractivity contribution < 1.29 is 20.4 Å². The van der Waals surface area contributed by atoms with E-state index in [-0.39, 0.29) is 38.1 Å². The van der Waals surface area contributed by atoms with Crippen LogP contribution in [0.1, 0.15) is 41.5 Å². The number of hydrogen-bond donors (Lipinski definition) is 8. The monoisotopic (exact) mass is 374 g/mol. The predicted molar refractivity (Wildman–Crippen MR) is 99.9 cm³/mol. The second kappa shape index (κ2) is 8.85. The molecule has 0 rings (SSSR count). The van der Waals surface area contributed by atoms with Crippen LogP contribution in [0, 0.1) is 10.8 Å². The lowest BCUT2D eigenvalue weighted by atomic mass is 9.99. The number of aliphatic hydroxyl groups is 4. The average Bonchev–Trinajstić information content (AvgIpc) is 2.59. The highest BCUT2D eigenvalue weighted by Crippen LogP contribution is 2.19. The molecule has 0 radical (unpaired) electrons. The second-order valence-electron chi connectivity index (χ2n) is 8.07. The van der Waals surface area contributed by atoms with Gasteiger partial charge in [-0.05, 0) is 41.5 Å². The van der Waals surface area contributed by atoms with E-state index in [1.807, 2.05) is 0 Å². The van der Waals surface area contributed by atoms with E-state index in [1.165, 1.54) is 0 Å². The van der Waals surface area contributed by atoms with Gasteiger partial charge < -0.3 is 31.1 Å². The highest BCUT2D eigenvalue weighted by atomic mass is 16.3. The first-order chi connectivity index (χ1) is 11.7. The molecular weight excluding hydrogens is 340 g/mol. The van der Waals surface area contributed by atoms with Gasteiger partial charge in [-0.25, -0.2) is 0 Å². The van der Waals surface area contributed by atoms with Gasteiger partial charge in [-0.1, -0.05) is 0 Å². The molecule has 0 fully saturated rings. The lowest BCUT2D eigenvalue weighted by molar-refractivity contribution is 0.117. The van der Waals surface area contributed by atoms with Crippen LogP contribution in [-0.4, -0.2) is 80.7 Å². The van der Waals surface area contributed by atoms with Crippen molar-refractivity contribution in [2.24, 2.45) is 10.2 Å². The summed E-state index contributed by atoms with van der Waals surface area (Å²) in [6, 6.07) is 0.